The molecule has 3 aromatic heterocycles. The van der Waals surface area contributed by atoms with Crippen LogP contribution in [-0.4, -0.2) is 56.8 Å². The second-order valence-corrected chi connectivity index (χ2v) is 8.23. The SMILES string of the molecule is Cc1nc2cc(-n3ncc(C(=O)c4cc5c(N6CCOCC6)cccc5[nH]4)c3N)ccc2[nH]1. The number of nitrogens with two attached hydrogens (primary N) is 1. The lowest BCUT2D eigenvalue weighted by Crippen LogP contribution is -2.36. The van der Waals surface area contributed by atoms with Crippen molar-refractivity contribution in [2.75, 3.05) is 36.9 Å². The van der Waals surface area contributed by atoms with Gasteiger partial charge in [0, 0.05) is 29.7 Å². The first-order valence-corrected chi connectivity index (χ1v) is 10.9. The third kappa shape index (κ3) is 3.25. The Hall–Kier alpha value is -4.11. The molecule has 33 heavy (non-hydrogen) atoms. The summed E-state index contributed by atoms with van der Waals surface area (Å²) in [6.07, 6.45) is 1.52. The number of benzene rings is 2. The molecule has 0 amide bonds. The number of aromatic nitrogens is 5. The molecule has 4 heterocycles. The molecule has 9 heteroatoms. The van der Waals surface area contributed by atoms with Crippen LogP contribution < -0.4 is 10.6 Å². The van der Waals surface area contributed by atoms with E-state index in [-0.39, 0.29) is 5.78 Å². The zero-order chi connectivity index (χ0) is 22.5. The normalized spacial score (nSPS) is 14.4. The molecule has 1 aliphatic heterocycles. The standard InChI is InChI=1S/C24H23N7O2/c1-14-27-19-6-5-15(11-20(19)28-14)31-24(25)17(13-26-31)23(32)21-12-16-18(29-21)3-2-4-22(16)30-7-9-33-10-8-30/h2-6,11-13,29H,7-10,25H2,1H3,(H,27,28). The summed E-state index contributed by atoms with van der Waals surface area (Å²) < 4.78 is 7.05. The summed E-state index contributed by atoms with van der Waals surface area (Å²) in [5.41, 5.74) is 11.7. The fourth-order valence-corrected chi connectivity index (χ4v) is 4.48. The summed E-state index contributed by atoms with van der Waals surface area (Å²) in [5.74, 6) is 0.931. The van der Waals surface area contributed by atoms with Gasteiger partial charge in [0.2, 0.25) is 5.78 Å². The molecule has 1 fully saturated rings. The van der Waals surface area contributed by atoms with Gasteiger partial charge in [0.05, 0.1) is 47.4 Å². The second kappa shape index (κ2) is 7.49. The van der Waals surface area contributed by atoms with Crippen molar-refractivity contribution in [3.05, 3.63) is 65.7 Å². The predicted molar refractivity (Wildman–Crippen MR) is 127 cm³/mol. The van der Waals surface area contributed by atoms with Crippen molar-refractivity contribution in [3.63, 3.8) is 0 Å². The van der Waals surface area contributed by atoms with Crippen LogP contribution in [-0.2, 0) is 4.74 Å². The Morgan fingerprint density at radius 1 is 1.09 bits per heavy atom. The van der Waals surface area contributed by atoms with Crippen LogP contribution in [0.1, 0.15) is 21.9 Å². The van der Waals surface area contributed by atoms with E-state index >= 15 is 0 Å². The number of morpholine rings is 1. The number of ketones is 1. The molecule has 5 aromatic rings. The number of carbonyl (C=O) groups is 1. The molecule has 166 valence electrons. The van der Waals surface area contributed by atoms with Gasteiger partial charge >= 0.3 is 0 Å². The van der Waals surface area contributed by atoms with E-state index in [9.17, 15) is 4.79 Å². The number of aromatic amines is 2. The van der Waals surface area contributed by atoms with Crippen LogP contribution in [0.25, 0.3) is 27.6 Å². The maximum absolute atomic E-state index is 13.4. The summed E-state index contributed by atoms with van der Waals surface area (Å²) in [7, 11) is 0. The van der Waals surface area contributed by atoms with E-state index in [1.54, 1.807) is 4.68 Å². The molecule has 0 unspecified atom stereocenters. The monoisotopic (exact) mass is 441 g/mol. The first-order valence-electron chi connectivity index (χ1n) is 10.9. The number of fused-ring (bicyclic) bond motifs is 2. The molecule has 0 spiro atoms. The summed E-state index contributed by atoms with van der Waals surface area (Å²) in [5, 5.41) is 5.40. The molecular formula is C24H23N7O2. The number of imidazole rings is 1. The number of anilines is 2. The number of nitrogens with one attached hydrogen (secondary N) is 2. The number of nitrogens with zero attached hydrogens (tertiary/aromatic N) is 4. The van der Waals surface area contributed by atoms with Crippen molar-refractivity contribution >= 4 is 39.2 Å². The van der Waals surface area contributed by atoms with Gasteiger partial charge in [-0.1, -0.05) is 6.07 Å². The van der Waals surface area contributed by atoms with Gasteiger partial charge in [0.1, 0.15) is 11.6 Å². The fourth-order valence-electron chi connectivity index (χ4n) is 4.48. The van der Waals surface area contributed by atoms with Gasteiger partial charge in [-0.05, 0) is 43.3 Å². The van der Waals surface area contributed by atoms with Crippen LogP contribution in [0.5, 0.6) is 0 Å². The minimum Gasteiger partial charge on any atom is -0.383 e. The molecule has 0 aliphatic carbocycles. The number of nitrogen functional groups attached to an aromatic ring is 1. The fraction of sp³-hybridized carbons (Fsp3) is 0.208. The molecule has 2 aromatic carbocycles. The van der Waals surface area contributed by atoms with Crippen LogP contribution in [0, 0.1) is 6.92 Å². The van der Waals surface area contributed by atoms with Gasteiger partial charge in [0.15, 0.2) is 0 Å². The average molecular weight is 441 g/mol. The van der Waals surface area contributed by atoms with E-state index in [4.69, 9.17) is 10.5 Å². The third-order valence-corrected chi connectivity index (χ3v) is 6.12. The smallest absolute Gasteiger partial charge is 0.214 e. The van der Waals surface area contributed by atoms with Crippen molar-refractivity contribution in [3.8, 4) is 5.69 Å². The molecule has 0 atom stereocenters. The van der Waals surface area contributed by atoms with Crippen molar-refractivity contribution in [1.29, 1.82) is 0 Å². The van der Waals surface area contributed by atoms with Crippen molar-refractivity contribution in [1.82, 2.24) is 24.7 Å². The van der Waals surface area contributed by atoms with Crippen LogP contribution in [0.2, 0.25) is 0 Å². The van der Waals surface area contributed by atoms with Gasteiger partial charge in [-0.3, -0.25) is 4.79 Å². The molecule has 4 N–H and O–H groups in total. The number of hydrogen-bond acceptors (Lipinski definition) is 6. The van der Waals surface area contributed by atoms with Gasteiger partial charge < -0.3 is 25.3 Å². The van der Waals surface area contributed by atoms with Crippen LogP contribution in [0.3, 0.4) is 0 Å². The zero-order valence-electron chi connectivity index (χ0n) is 18.1. The van der Waals surface area contributed by atoms with Gasteiger partial charge in [-0.15, -0.1) is 0 Å². The van der Waals surface area contributed by atoms with E-state index in [0.29, 0.717) is 30.3 Å². The number of H-pyrrole nitrogens is 2. The minimum absolute atomic E-state index is 0.195. The first kappa shape index (κ1) is 19.6. The highest BCUT2D eigenvalue weighted by Gasteiger charge is 2.22. The topological polar surface area (TPSA) is 118 Å². The van der Waals surface area contributed by atoms with Crippen molar-refractivity contribution in [2.45, 2.75) is 6.92 Å². The lowest BCUT2D eigenvalue weighted by molar-refractivity contribution is 0.103. The first-order chi connectivity index (χ1) is 16.1. The molecule has 1 saturated heterocycles. The van der Waals surface area contributed by atoms with Gasteiger partial charge in [0.25, 0.3) is 0 Å². The predicted octanol–water partition coefficient (Wildman–Crippen LogP) is 3.19. The Morgan fingerprint density at radius 3 is 2.79 bits per heavy atom. The summed E-state index contributed by atoms with van der Waals surface area (Å²) in [6, 6.07) is 13.7. The second-order valence-electron chi connectivity index (χ2n) is 8.23. The number of aryl methyl sites for hydroxylation is 1. The lowest BCUT2D eigenvalue weighted by Gasteiger charge is -2.29. The molecular weight excluding hydrogens is 418 g/mol. The van der Waals surface area contributed by atoms with Crippen LogP contribution >= 0.6 is 0 Å². The molecule has 0 radical (unpaired) electrons. The highest BCUT2D eigenvalue weighted by Crippen LogP contribution is 2.30. The highest BCUT2D eigenvalue weighted by molar-refractivity contribution is 6.13. The Labute approximate surface area is 189 Å². The Balaban J connectivity index is 1.36. The summed E-state index contributed by atoms with van der Waals surface area (Å²) in [6.45, 7) is 4.96. The highest BCUT2D eigenvalue weighted by atomic mass is 16.5. The van der Waals surface area contributed by atoms with E-state index in [0.717, 1.165) is 52.2 Å². The molecule has 6 rings (SSSR count). The minimum atomic E-state index is -0.195. The summed E-state index contributed by atoms with van der Waals surface area (Å²) >= 11 is 0. The Kier molecular flexibility index (Phi) is 4.44. The molecule has 0 saturated carbocycles. The maximum Gasteiger partial charge on any atom is 0.214 e. The molecule has 1 aliphatic rings. The van der Waals surface area contributed by atoms with E-state index in [1.165, 1.54) is 6.20 Å². The van der Waals surface area contributed by atoms with Crippen LogP contribution in [0.15, 0.2) is 48.7 Å². The largest absolute Gasteiger partial charge is 0.383 e. The third-order valence-electron chi connectivity index (χ3n) is 6.12. The number of ether oxygens (including phenoxy) is 1. The van der Waals surface area contributed by atoms with Gasteiger partial charge in [-0.25, -0.2) is 9.67 Å². The quantitative estimate of drug-likeness (QED) is 0.369. The molecule has 9 nitrogen and oxygen atoms in total. The van der Waals surface area contributed by atoms with E-state index in [2.05, 4.69) is 31.0 Å². The Morgan fingerprint density at radius 2 is 1.94 bits per heavy atom. The van der Waals surface area contributed by atoms with Crippen molar-refractivity contribution < 1.29 is 9.53 Å². The zero-order valence-corrected chi connectivity index (χ0v) is 18.1. The number of carbonyl (C=O) groups excluding carboxylic acids is 1. The Bertz CT molecular complexity index is 1500. The number of hydrogen-bond donors (Lipinski definition) is 3. The van der Waals surface area contributed by atoms with E-state index in [1.807, 2.05) is 43.3 Å². The van der Waals surface area contributed by atoms with Gasteiger partial charge in [-0.2, -0.15) is 5.10 Å². The maximum atomic E-state index is 13.4. The number of rotatable bonds is 4. The summed E-state index contributed by atoms with van der Waals surface area (Å²) in [4.78, 5) is 26.6. The van der Waals surface area contributed by atoms with E-state index < -0.39 is 0 Å². The molecule has 0 bridgehead atoms. The average Bonchev–Trinajstić information content (AvgIpc) is 3.53. The van der Waals surface area contributed by atoms with Crippen molar-refractivity contribution in [2.24, 2.45) is 0 Å². The lowest BCUT2D eigenvalue weighted by atomic mass is 10.1. The van der Waals surface area contributed by atoms with Crippen LogP contribution in [0.4, 0.5) is 11.5 Å².